The van der Waals surface area contributed by atoms with Crippen molar-refractivity contribution >= 4 is 35.1 Å². The van der Waals surface area contributed by atoms with Gasteiger partial charge in [0.2, 0.25) is 0 Å². The second kappa shape index (κ2) is 11.0. The molecule has 0 spiro atoms. The second-order valence-electron chi connectivity index (χ2n) is 13.2. The van der Waals surface area contributed by atoms with Crippen molar-refractivity contribution in [3.05, 3.63) is 142 Å². The van der Waals surface area contributed by atoms with Gasteiger partial charge in [0, 0.05) is 0 Å². The summed E-state index contributed by atoms with van der Waals surface area (Å²) < 4.78 is 0.196. The summed E-state index contributed by atoms with van der Waals surface area (Å²) in [6.45, 7) is 9.48. The van der Waals surface area contributed by atoms with Crippen LogP contribution in [0.2, 0.25) is 13.1 Å². The molecule has 0 aromatic heterocycles. The number of halogens is 2. The molecule has 4 aromatic carbocycles. The molecular formula is C39H39Cl2SiZr. The summed E-state index contributed by atoms with van der Waals surface area (Å²) in [7, 11) is 17.3. The molecule has 0 fully saturated rings. The van der Waals surface area contributed by atoms with E-state index in [9.17, 15) is 0 Å². The van der Waals surface area contributed by atoms with Crippen LogP contribution in [0.25, 0.3) is 34.4 Å². The molecule has 4 heteroatoms. The van der Waals surface area contributed by atoms with Gasteiger partial charge in [-0.1, -0.05) is 0 Å². The van der Waals surface area contributed by atoms with Crippen molar-refractivity contribution in [2.24, 2.45) is 5.92 Å². The van der Waals surface area contributed by atoms with E-state index in [0.29, 0.717) is 5.92 Å². The molecule has 0 radical (unpaired) electrons. The van der Waals surface area contributed by atoms with Gasteiger partial charge in [-0.2, -0.15) is 0 Å². The predicted octanol–water partition coefficient (Wildman–Crippen LogP) is 11.9. The zero-order chi connectivity index (χ0) is 30.0. The number of aryl methyl sites for hydroxylation is 1. The molecule has 3 aliphatic carbocycles. The van der Waals surface area contributed by atoms with Gasteiger partial charge < -0.3 is 0 Å². The molecule has 217 valence electrons. The summed E-state index contributed by atoms with van der Waals surface area (Å²) in [5.74, 6) is -1.23. The Morgan fingerprint density at radius 1 is 0.698 bits per heavy atom. The Morgan fingerprint density at radius 3 is 1.95 bits per heavy atom. The van der Waals surface area contributed by atoms with E-state index in [1.54, 1.807) is 0 Å². The number of allylic oxidation sites excluding steroid dienone is 4. The Hall–Kier alpha value is -2.22. The van der Waals surface area contributed by atoms with E-state index in [0.717, 1.165) is 12.8 Å². The van der Waals surface area contributed by atoms with Gasteiger partial charge >= 0.3 is 268 Å². The summed E-state index contributed by atoms with van der Waals surface area (Å²) in [5.41, 5.74) is 14.6. The summed E-state index contributed by atoms with van der Waals surface area (Å²) >= 11 is -4.83. The minimum atomic E-state index is -4.83. The van der Waals surface area contributed by atoms with Gasteiger partial charge in [0.25, 0.3) is 0 Å². The first-order valence-electron chi connectivity index (χ1n) is 15.7. The van der Waals surface area contributed by atoms with Crippen LogP contribution in [0.15, 0.2) is 114 Å². The van der Waals surface area contributed by atoms with E-state index in [1.165, 1.54) is 61.2 Å². The van der Waals surface area contributed by atoms with Crippen molar-refractivity contribution in [2.75, 3.05) is 0 Å². The van der Waals surface area contributed by atoms with Gasteiger partial charge in [-0.25, -0.2) is 0 Å². The molecule has 0 N–H and O–H groups in total. The number of fused-ring (bicyclic) bond motifs is 2. The summed E-state index contributed by atoms with van der Waals surface area (Å²) in [5, 5.41) is 0. The summed E-state index contributed by atoms with van der Waals surface area (Å²) in [6, 6.07) is 33.1. The fourth-order valence-corrected chi connectivity index (χ4v) is 40.3. The maximum absolute atomic E-state index is 8.67. The second-order valence-corrected chi connectivity index (χ2v) is 55.7. The van der Waals surface area contributed by atoms with Crippen LogP contribution >= 0.6 is 17.0 Å². The maximum atomic E-state index is 8.67. The van der Waals surface area contributed by atoms with E-state index < -0.39 is 21.5 Å². The third kappa shape index (κ3) is 4.54. The molecule has 0 heterocycles. The standard InChI is InChI=1S/C20H17.C17H15.C2H7Si.2ClH.Zr/c1-2-9-16(10-3-1)19-12-6-11-17-13-18(14-20(17)19)15-7-4-5-8-15;1-12-10-16-13(2)8-9-15(17(16)11-12)14-6-4-3-5-7-14;1-3-2;;;/h1-4,6-7,9-15H,5,8H2;3-11H,1-2H3;3H,1-2H3;2*1H;/q;;;;;+2/p-2. The van der Waals surface area contributed by atoms with Crippen LogP contribution in [-0.4, -0.2) is 5.92 Å². The van der Waals surface area contributed by atoms with E-state index in [1.807, 2.05) is 0 Å². The van der Waals surface area contributed by atoms with Crippen LogP contribution in [0.5, 0.6) is 0 Å². The molecule has 0 nitrogen and oxygen atoms in total. The SMILES string of the molecule is CC1=Cc2c(-c3ccccc3)ccc(C)c2[CH]1[Zr]([Cl])([Cl])([CH]1C(C2C=CCC2)=Cc2c(-c3ccccc3)cccc21)[SiH](C)C. The predicted molar refractivity (Wildman–Crippen MR) is 188 cm³/mol. The molecule has 0 saturated carbocycles. The third-order valence-electron chi connectivity index (χ3n) is 10.5. The van der Waals surface area contributed by atoms with Gasteiger partial charge in [-0.05, 0) is 0 Å². The molecule has 0 amide bonds. The minimum absolute atomic E-state index is 0.0974. The molecule has 3 atom stereocenters. The van der Waals surface area contributed by atoms with Crippen LogP contribution in [0.3, 0.4) is 0 Å². The molecule has 7 rings (SSSR count). The topological polar surface area (TPSA) is 0 Å². The molecule has 4 aromatic rings. The van der Waals surface area contributed by atoms with Gasteiger partial charge in [0.15, 0.2) is 0 Å². The summed E-state index contributed by atoms with van der Waals surface area (Å²) in [4.78, 5) is 0. The van der Waals surface area contributed by atoms with Crippen LogP contribution in [-0.2, 0) is 15.6 Å². The van der Waals surface area contributed by atoms with E-state index in [-0.39, 0.29) is 7.25 Å². The van der Waals surface area contributed by atoms with E-state index >= 15 is 0 Å². The molecule has 0 bridgehead atoms. The first-order chi connectivity index (χ1) is 20.7. The normalized spacial score (nSPS) is 21.7. The van der Waals surface area contributed by atoms with Crippen LogP contribution < -0.4 is 0 Å². The fourth-order valence-electron chi connectivity index (χ4n) is 8.38. The van der Waals surface area contributed by atoms with Gasteiger partial charge in [0.05, 0.1) is 0 Å². The number of benzene rings is 4. The van der Waals surface area contributed by atoms with Crippen molar-refractivity contribution in [1.29, 1.82) is 0 Å². The van der Waals surface area contributed by atoms with Crippen molar-refractivity contribution in [2.45, 2.75) is 47.0 Å². The average Bonchev–Trinajstić information content (AvgIpc) is 3.76. The molecule has 43 heavy (non-hydrogen) atoms. The zero-order valence-electron chi connectivity index (χ0n) is 25.4. The van der Waals surface area contributed by atoms with Crippen molar-refractivity contribution in [3.63, 3.8) is 0 Å². The molecule has 3 aliphatic rings. The van der Waals surface area contributed by atoms with Gasteiger partial charge in [0.1, 0.15) is 0 Å². The van der Waals surface area contributed by atoms with Crippen LogP contribution in [0.4, 0.5) is 0 Å². The monoisotopic (exact) mass is 695 g/mol. The molecular weight excluding hydrogens is 659 g/mol. The Kier molecular flexibility index (Phi) is 7.54. The van der Waals surface area contributed by atoms with Crippen molar-refractivity contribution in [1.82, 2.24) is 0 Å². The molecule has 3 unspecified atom stereocenters. The third-order valence-corrected chi connectivity index (χ3v) is 62.4. The Balaban J connectivity index is 1.49. The fraction of sp³-hybridized carbons (Fsp3) is 0.231. The first kappa shape index (κ1) is 29.5. The van der Waals surface area contributed by atoms with Gasteiger partial charge in [-0.15, -0.1) is 0 Å². The molecule has 0 aliphatic heterocycles. The molecule has 0 saturated heterocycles. The van der Waals surface area contributed by atoms with E-state index in [4.69, 9.17) is 17.0 Å². The number of hydrogen-bond donors (Lipinski definition) is 0. The quantitative estimate of drug-likeness (QED) is 0.139. The average molecular weight is 698 g/mol. The Morgan fingerprint density at radius 2 is 1.35 bits per heavy atom. The zero-order valence-corrected chi connectivity index (χ0v) is 30.6. The Labute approximate surface area is 266 Å². The van der Waals surface area contributed by atoms with E-state index in [2.05, 4.69) is 142 Å². The number of hydrogen-bond acceptors (Lipinski definition) is 0. The Bertz CT molecular complexity index is 1820. The van der Waals surface area contributed by atoms with Gasteiger partial charge in [-0.3, -0.25) is 0 Å². The summed E-state index contributed by atoms with van der Waals surface area (Å²) in [6.07, 6.45) is 12.0. The first-order valence-corrected chi connectivity index (χ1v) is 32.0. The van der Waals surface area contributed by atoms with Crippen molar-refractivity contribution < 1.29 is 15.6 Å². The van der Waals surface area contributed by atoms with Crippen molar-refractivity contribution in [3.8, 4) is 22.3 Å². The van der Waals surface area contributed by atoms with Crippen LogP contribution in [0, 0.1) is 12.8 Å². The number of rotatable bonds is 6. The van der Waals surface area contributed by atoms with Crippen LogP contribution in [0.1, 0.15) is 54.8 Å².